The minimum atomic E-state index is -0.333. The van der Waals surface area contributed by atoms with Crippen molar-refractivity contribution in [1.82, 2.24) is 10.2 Å². The molecule has 0 spiro atoms. The molecule has 20 heavy (non-hydrogen) atoms. The standard InChI is InChI=1S/C14H21FN2O3/c1-17(2)14(18)10-20-13-5-4-12(15)8-11(13)9-16-6-7-19-3/h4-5,8,16H,6-7,9-10H2,1-3H3. The van der Waals surface area contributed by atoms with Gasteiger partial charge in [-0.15, -0.1) is 0 Å². The summed E-state index contributed by atoms with van der Waals surface area (Å²) < 4.78 is 23.6. The number of halogens is 1. The number of amides is 1. The molecule has 6 heteroatoms. The molecule has 0 heterocycles. The number of ether oxygens (including phenoxy) is 2. The molecule has 0 saturated heterocycles. The van der Waals surface area contributed by atoms with E-state index in [0.29, 0.717) is 31.0 Å². The Morgan fingerprint density at radius 2 is 2.15 bits per heavy atom. The lowest BCUT2D eigenvalue weighted by Crippen LogP contribution is -2.28. The lowest BCUT2D eigenvalue weighted by Gasteiger charge is -2.14. The lowest BCUT2D eigenvalue weighted by molar-refractivity contribution is -0.130. The molecule has 0 unspecified atom stereocenters. The van der Waals surface area contributed by atoms with Gasteiger partial charge < -0.3 is 19.7 Å². The van der Waals surface area contributed by atoms with Crippen molar-refractivity contribution in [2.24, 2.45) is 0 Å². The second-order valence-corrected chi connectivity index (χ2v) is 4.50. The monoisotopic (exact) mass is 284 g/mol. The lowest BCUT2D eigenvalue weighted by atomic mass is 10.2. The fourth-order valence-corrected chi connectivity index (χ4v) is 1.49. The Labute approximate surface area is 118 Å². The van der Waals surface area contributed by atoms with Crippen molar-refractivity contribution in [2.75, 3.05) is 41.0 Å². The molecule has 0 bridgehead atoms. The van der Waals surface area contributed by atoms with Gasteiger partial charge in [0.1, 0.15) is 11.6 Å². The smallest absolute Gasteiger partial charge is 0.259 e. The largest absolute Gasteiger partial charge is 0.483 e. The van der Waals surface area contributed by atoms with Crippen molar-refractivity contribution in [3.05, 3.63) is 29.6 Å². The number of carbonyl (C=O) groups is 1. The third-order valence-corrected chi connectivity index (χ3v) is 2.67. The van der Waals surface area contributed by atoms with Gasteiger partial charge in [0, 0.05) is 39.9 Å². The van der Waals surface area contributed by atoms with Crippen LogP contribution in [0.2, 0.25) is 0 Å². The van der Waals surface area contributed by atoms with Crippen LogP contribution in [0.1, 0.15) is 5.56 Å². The first-order chi connectivity index (χ1) is 9.54. The van der Waals surface area contributed by atoms with Crippen molar-refractivity contribution < 1.29 is 18.7 Å². The SMILES string of the molecule is COCCNCc1cc(F)ccc1OCC(=O)N(C)C. The van der Waals surface area contributed by atoms with Gasteiger partial charge in [0.05, 0.1) is 6.61 Å². The number of nitrogens with zero attached hydrogens (tertiary/aromatic N) is 1. The van der Waals surface area contributed by atoms with E-state index in [1.807, 2.05) is 0 Å². The highest BCUT2D eigenvalue weighted by Crippen LogP contribution is 2.19. The number of likely N-dealkylation sites (N-methyl/N-ethyl adjacent to an activating group) is 1. The molecule has 0 aliphatic rings. The number of benzene rings is 1. The highest BCUT2D eigenvalue weighted by molar-refractivity contribution is 5.77. The predicted octanol–water partition coefficient (Wildman–Crippen LogP) is 1.03. The van der Waals surface area contributed by atoms with Gasteiger partial charge in [-0.2, -0.15) is 0 Å². The zero-order valence-electron chi connectivity index (χ0n) is 12.1. The average Bonchev–Trinajstić information content (AvgIpc) is 2.42. The Balaban J connectivity index is 2.62. The molecule has 1 amide bonds. The van der Waals surface area contributed by atoms with Crippen molar-refractivity contribution in [3.63, 3.8) is 0 Å². The molecule has 0 radical (unpaired) electrons. The fraction of sp³-hybridized carbons (Fsp3) is 0.500. The fourth-order valence-electron chi connectivity index (χ4n) is 1.49. The highest BCUT2D eigenvalue weighted by Gasteiger charge is 2.09. The number of methoxy groups -OCH3 is 1. The van der Waals surface area contributed by atoms with E-state index >= 15 is 0 Å². The van der Waals surface area contributed by atoms with Gasteiger partial charge in [-0.1, -0.05) is 0 Å². The molecule has 0 aliphatic carbocycles. The second kappa shape index (κ2) is 8.50. The number of nitrogens with one attached hydrogen (secondary N) is 1. The van der Waals surface area contributed by atoms with Crippen LogP contribution < -0.4 is 10.1 Å². The van der Waals surface area contributed by atoms with Crippen LogP contribution in [0.3, 0.4) is 0 Å². The first kappa shape index (κ1) is 16.4. The van der Waals surface area contributed by atoms with Crippen LogP contribution in [-0.2, 0) is 16.1 Å². The van der Waals surface area contributed by atoms with Gasteiger partial charge in [-0.3, -0.25) is 4.79 Å². The minimum absolute atomic E-state index is 0.0658. The molecular formula is C14H21FN2O3. The van der Waals surface area contributed by atoms with E-state index in [1.165, 1.54) is 23.1 Å². The molecule has 0 fully saturated rings. The third kappa shape index (κ3) is 5.54. The zero-order chi connectivity index (χ0) is 15.0. The molecule has 0 aromatic heterocycles. The normalized spacial score (nSPS) is 10.4. The zero-order valence-corrected chi connectivity index (χ0v) is 12.1. The summed E-state index contributed by atoms with van der Waals surface area (Å²) in [5.74, 6) is 0.0268. The highest BCUT2D eigenvalue weighted by atomic mass is 19.1. The van der Waals surface area contributed by atoms with Crippen molar-refractivity contribution in [1.29, 1.82) is 0 Å². The number of hydrogen-bond acceptors (Lipinski definition) is 4. The van der Waals surface area contributed by atoms with E-state index in [1.54, 1.807) is 21.2 Å². The number of carbonyl (C=O) groups excluding carboxylic acids is 1. The molecule has 0 saturated carbocycles. The van der Waals surface area contributed by atoms with E-state index in [4.69, 9.17) is 9.47 Å². The van der Waals surface area contributed by atoms with Gasteiger partial charge in [0.25, 0.3) is 5.91 Å². The molecule has 1 rings (SSSR count). The Morgan fingerprint density at radius 3 is 2.80 bits per heavy atom. The summed E-state index contributed by atoms with van der Waals surface area (Å²) in [6, 6.07) is 4.25. The van der Waals surface area contributed by atoms with Crippen molar-refractivity contribution >= 4 is 5.91 Å². The topological polar surface area (TPSA) is 50.8 Å². The molecule has 1 aromatic carbocycles. The van der Waals surface area contributed by atoms with Gasteiger partial charge >= 0.3 is 0 Å². The van der Waals surface area contributed by atoms with Crippen LogP contribution >= 0.6 is 0 Å². The summed E-state index contributed by atoms with van der Waals surface area (Å²) in [5.41, 5.74) is 0.674. The molecule has 0 aliphatic heterocycles. The van der Waals surface area contributed by atoms with E-state index in [-0.39, 0.29) is 18.3 Å². The Morgan fingerprint density at radius 1 is 1.40 bits per heavy atom. The van der Waals surface area contributed by atoms with Gasteiger partial charge in [0.15, 0.2) is 6.61 Å². The quantitative estimate of drug-likeness (QED) is 0.724. The molecule has 1 N–H and O–H groups in total. The minimum Gasteiger partial charge on any atom is -0.483 e. The molecule has 5 nitrogen and oxygen atoms in total. The summed E-state index contributed by atoms with van der Waals surface area (Å²) in [4.78, 5) is 12.9. The number of rotatable bonds is 8. The van der Waals surface area contributed by atoms with Crippen molar-refractivity contribution in [3.8, 4) is 5.75 Å². The van der Waals surface area contributed by atoms with Gasteiger partial charge in [-0.05, 0) is 18.2 Å². The summed E-state index contributed by atoms with van der Waals surface area (Å²) in [6.45, 7) is 1.62. The number of hydrogen-bond donors (Lipinski definition) is 1. The Kier molecular flexibility index (Phi) is 6.97. The maximum Gasteiger partial charge on any atom is 0.259 e. The first-order valence-corrected chi connectivity index (χ1v) is 6.35. The van der Waals surface area contributed by atoms with Crippen molar-refractivity contribution in [2.45, 2.75) is 6.54 Å². The van der Waals surface area contributed by atoms with Gasteiger partial charge in [0.2, 0.25) is 0 Å². The van der Waals surface area contributed by atoms with Crippen LogP contribution in [-0.4, -0.2) is 51.8 Å². The molecule has 112 valence electrons. The van der Waals surface area contributed by atoms with Crippen LogP contribution in [0.5, 0.6) is 5.75 Å². The summed E-state index contributed by atoms with van der Waals surface area (Å²) >= 11 is 0. The predicted molar refractivity (Wildman–Crippen MR) is 74.2 cm³/mol. The van der Waals surface area contributed by atoms with E-state index in [9.17, 15) is 9.18 Å². The maximum absolute atomic E-state index is 13.3. The first-order valence-electron chi connectivity index (χ1n) is 6.35. The van der Waals surface area contributed by atoms with Crippen LogP contribution in [0.25, 0.3) is 0 Å². The van der Waals surface area contributed by atoms with E-state index < -0.39 is 0 Å². The van der Waals surface area contributed by atoms with Gasteiger partial charge in [-0.25, -0.2) is 4.39 Å². The molecule has 0 atom stereocenters. The Bertz CT molecular complexity index is 438. The summed E-state index contributed by atoms with van der Waals surface area (Å²) in [7, 11) is 4.93. The van der Waals surface area contributed by atoms with Crippen LogP contribution in [0.4, 0.5) is 4.39 Å². The third-order valence-electron chi connectivity index (χ3n) is 2.67. The molecule has 1 aromatic rings. The second-order valence-electron chi connectivity index (χ2n) is 4.50. The summed E-state index contributed by atoms with van der Waals surface area (Å²) in [6.07, 6.45) is 0. The summed E-state index contributed by atoms with van der Waals surface area (Å²) in [5, 5.41) is 3.11. The average molecular weight is 284 g/mol. The molecular weight excluding hydrogens is 263 g/mol. The van der Waals surface area contributed by atoms with E-state index in [0.717, 1.165) is 0 Å². The Hall–Kier alpha value is -1.66. The van der Waals surface area contributed by atoms with E-state index in [2.05, 4.69) is 5.32 Å². The van der Waals surface area contributed by atoms with Crippen LogP contribution in [0, 0.1) is 5.82 Å². The maximum atomic E-state index is 13.3. The van der Waals surface area contributed by atoms with Crippen LogP contribution in [0.15, 0.2) is 18.2 Å².